The number of unbranched alkanes of at least 4 members (excludes halogenated alkanes) is 2. The van der Waals surface area contributed by atoms with Crippen molar-refractivity contribution in [2.75, 3.05) is 32.3 Å². The molecule has 0 amide bonds. The van der Waals surface area contributed by atoms with Crippen molar-refractivity contribution >= 4 is 9.84 Å². The Morgan fingerprint density at radius 3 is 1.80 bits per heavy atom. The highest BCUT2D eigenvalue weighted by Gasteiger charge is 2.38. The lowest BCUT2D eigenvalue weighted by Gasteiger charge is -2.36. The molecular weight excluding hydrogens is 462 g/mol. The minimum absolute atomic E-state index is 0.00641. The van der Waals surface area contributed by atoms with E-state index < -0.39 is 15.4 Å². The largest absolute Gasteiger partial charge is 0.497 e. The monoisotopic (exact) mass is 492 g/mol. The van der Waals surface area contributed by atoms with Crippen LogP contribution in [0.1, 0.15) is 29.5 Å². The van der Waals surface area contributed by atoms with Crippen LogP contribution in [0.2, 0.25) is 0 Å². The summed E-state index contributed by atoms with van der Waals surface area (Å²) in [6.45, 7) is -0.00641. The molecule has 3 aromatic carbocycles. The molecule has 0 aromatic heterocycles. The molecule has 0 aliphatic rings. The van der Waals surface area contributed by atoms with Crippen LogP contribution in [0.3, 0.4) is 0 Å². The van der Waals surface area contributed by atoms with Gasteiger partial charge in [0.2, 0.25) is 0 Å². The van der Waals surface area contributed by atoms with Crippen molar-refractivity contribution in [3.8, 4) is 17.6 Å². The molecule has 0 saturated carbocycles. The van der Waals surface area contributed by atoms with Crippen LogP contribution in [0, 0.1) is 17.8 Å². The van der Waals surface area contributed by atoms with E-state index in [0.717, 1.165) is 16.7 Å². The van der Waals surface area contributed by atoms with Crippen LogP contribution in [0.25, 0.3) is 0 Å². The molecule has 35 heavy (non-hydrogen) atoms. The topological polar surface area (TPSA) is 85.6 Å². The number of nitrogens with zero attached hydrogens (tertiary/aromatic N) is 1. The minimum Gasteiger partial charge on any atom is -0.497 e. The first kappa shape index (κ1) is 26.3. The van der Waals surface area contributed by atoms with E-state index in [1.807, 2.05) is 84.9 Å². The smallest absolute Gasteiger partial charge is 0.152 e. The van der Waals surface area contributed by atoms with Crippen molar-refractivity contribution in [3.05, 3.63) is 102 Å². The van der Waals surface area contributed by atoms with Gasteiger partial charge in [0.25, 0.3) is 0 Å². The summed E-state index contributed by atoms with van der Waals surface area (Å²) in [6.07, 6.45) is 2.26. The Balaban J connectivity index is 2.01. The lowest BCUT2D eigenvalue weighted by molar-refractivity contribution is 0.0227. The molecule has 0 N–H and O–H groups in total. The standard InChI is InChI=1S/C28H30NO5S/c1-32-26-15-11-24(12-16-26)28(23-9-5-3-6-10-23,25-13-17-27(33-2)18-14-25)34-20-22-35(30,31)21-8-4-7-19-29/h3-6,9-18H,7-8,20-22H2,1-2H3. The summed E-state index contributed by atoms with van der Waals surface area (Å²) in [5, 5.41) is 8.65. The van der Waals surface area contributed by atoms with E-state index in [9.17, 15) is 8.42 Å². The first-order chi connectivity index (χ1) is 16.9. The number of benzene rings is 3. The molecule has 0 aliphatic carbocycles. The maximum absolute atomic E-state index is 12.6. The summed E-state index contributed by atoms with van der Waals surface area (Å²) < 4.78 is 42.5. The van der Waals surface area contributed by atoms with Crippen LogP contribution >= 0.6 is 0 Å². The van der Waals surface area contributed by atoms with Gasteiger partial charge in [-0.2, -0.15) is 5.26 Å². The van der Waals surface area contributed by atoms with Gasteiger partial charge in [-0.15, -0.1) is 0 Å². The Hall–Kier alpha value is -3.34. The molecule has 6 nitrogen and oxygen atoms in total. The van der Waals surface area contributed by atoms with Gasteiger partial charge in [0, 0.05) is 6.42 Å². The molecule has 0 bridgehead atoms. The molecule has 7 heteroatoms. The molecule has 1 radical (unpaired) electrons. The molecule has 0 aliphatic heterocycles. The van der Waals surface area contributed by atoms with E-state index in [2.05, 4.69) is 0 Å². The zero-order valence-electron chi connectivity index (χ0n) is 20.0. The van der Waals surface area contributed by atoms with Gasteiger partial charge in [-0.1, -0.05) is 54.6 Å². The molecule has 183 valence electrons. The highest BCUT2D eigenvalue weighted by molar-refractivity contribution is 7.91. The first-order valence-corrected chi connectivity index (χ1v) is 13.1. The van der Waals surface area contributed by atoms with Gasteiger partial charge in [-0.25, -0.2) is 8.42 Å². The number of hydrogen-bond acceptors (Lipinski definition) is 6. The van der Waals surface area contributed by atoms with E-state index >= 15 is 0 Å². The second-order valence-corrected chi connectivity index (χ2v) is 10.2. The van der Waals surface area contributed by atoms with Gasteiger partial charge in [-0.05, 0) is 53.8 Å². The lowest BCUT2D eigenvalue weighted by Crippen LogP contribution is -2.35. The SMILES string of the molecule is COc1ccc(C(OCCS(=O)(=O)CC[CH]CC#N)(c2ccccc2)c2ccc(OC)cc2)cc1. The third kappa shape index (κ3) is 6.62. The van der Waals surface area contributed by atoms with Crippen molar-refractivity contribution in [2.24, 2.45) is 0 Å². The fraction of sp³-hybridized carbons (Fsp3) is 0.286. The maximum Gasteiger partial charge on any atom is 0.152 e. The van der Waals surface area contributed by atoms with Crippen LogP contribution in [0.5, 0.6) is 11.5 Å². The summed E-state index contributed by atoms with van der Waals surface area (Å²) in [5.74, 6) is 1.28. The number of ether oxygens (including phenoxy) is 3. The van der Waals surface area contributed by atoms with Crippen molar-refractivity contribution in [1.29, 1.82) is 5.26 Å². The van der Waals surface area contributed by atoms with Crippen molar-refractivity contribution in [3.63, 3.8) is 0 Å². The second kappa shape index (κ2) is 12.4. The van der Waals surface area contributed by atoms with Gasteiger partial charge in [0.05, 0.1) is 38.4 Å². The highest BCUT2D eigenvalue weighted by atomic mass is 32.2. The zero-order chi connectivity index (χ0) is 25.2. The van der Waals surface area contributed by atoms with E-state index in [-0.39, 0.29) is 24.5 Å². The van der Waals surface area contributed by atoms with Crippen molar-refractivity contribution in [1.82, 2.24) is 0 Å². The number of rotatable bonds is 13. The summed E-state index contributed by atoms with van der Waals surface area (Å²) in [7, 11) is -0.139. The molecule has 0 unspecified atom stereocenters. The fourth-order valence-electron chi connectivity index (χ4n) is 3.93. The van der Waals surface area contributed by atoms with E-state index in [4.69, 9.17) is 19.5 Å². The fourth-order valence-corrected chi connectivity index (χ4v) is 4.99. The second-order valence-electron chi connectivity index (χ2n) is 7.94. The summed E-state index contributed by atoms with van der Waals surface area (Å²) in [6, 6.07) is 26.9. The number of hydrogen-bond donors (Lipinski definition) is 0. The number of methoxy groups -OCH3 is 2. The molecule has 0 atom stereocenters. The van der Waals surface area contributed by atoms with Crippen LogP contribution in [-0.4, -0.2) is 40.7 Å². The molecule has 3 rings (SSSR count). The predicted molar refractivity (Wildman–Crippen MR) is 136 cm³/mol. The Kier molecular flexibility index (Phi) is 9.30. The van der Waals surface area contributed by atoms with Gasteiger partial charge in [-0.3, -0.25) is 0 Å². The van der Waals surface area contributed by atoms with Gasteiger partial charge < -0.3 is 14.2 Å². The van der Waals surface area contributed by atoms with E-state index in [1.165, 1.54) is 0 Å². The third-order valence-corrected chi connectivity index (χ3v) is 7.40. The normalized spacial score (nSPS) is 11.6. The zero-order valence-corrected chi connectivity index (χ0v) is 20.8. The molecule has 0 fully saturated rings. The Morgan fingerprint density at radius 2 is 1.31 bits per heavy atom. The Labute approximate surface area is 208 Å². The molecule has 0 saturated heterocycles. The van der Waals surface area contributed by atoms with Crippen LogP contribution in [-0.2, 0) is 20.2 Å². The molecule has 0 heterocycles. The van der Waals surface area contributed by atoms with Crippen molar-refractivity contribution < 1.29 is 22.6 Å². The predicted octanol–water partition coefficient (Wildman–Crippen LogP) is 4.94. The van der Waals surface area contributed by atoms with Gasteiger partial charge in [0.1, 0.15) is 17.1 Å². The Morgan fingerprint density at radius 1 is 0.800 bits per heavy atom. The average molecular weight is 493 g/mol. The number of sulfone groups is 1. The minimum atomic E-state index is -3.36. The Bertz CT molecular complexity index is 1150. The molecular formula is C28H30NO5S. The maximum atomic E-state index is 12.6. The summed E-state index contributed by atoms with van der Waals surface area (Å²) in [4.78, 5) is 0. The van der Waals surface area contributed by atoms with Crippen LogP contribution in [0.4, 0.5) is 0 Å². The average Bonchev–Trinajstić information content (AvgIpc) is 2.90. The number of nitriles is 1. The molecule has 3 aromatic rings. The summed E-state index contributed by atoms with van der Waals surface area (Å²) >= 11 is 0. The highest BCUT2D eigenvalue weighted by Crippen LogP contribution is 2.41. The van der Waals surface area contributed by atoms with Crippen LogP contribution < -0.4 is 9.47 Å². The summed E-state index contributed by atoms with van der Waals surface area (Å²) in [5.41, 5.74) is 1.50. The first-order valence-electron chi connectivity index (χ1n) is 11.3. The van der Waals surface area contributed by atoms with E-state index in [1.54, 1.807) is 20.6 Å². The van der Waals surface area contributed by atoms with Gasteiger partial charge in [0.15, 0.2) is 9.84 Å². The van der Waals surface area contributed by atoms with E-state index in [0.29, 0.717) is 17.9 Å². The van der Waals surface area contributed by atoms with Gasteiger partial charge >= 0.3 is 0 Å². The van der Waals surface area contributed by atoms with Crippen LogP contribution in [0.15, 0.2) is 78.9 Å². The lowest BCUT2D eigenvalue weighted by atomic mass is 9.80. The molecule has 0 spiro atoms. The third-order valence-electron chi connectivity index (χ3n) is 5.75. The quantitative estimate of drug-likeness (QED) is 0.248. The van der Waals surface area contributed by atoms with Crippen molar-refractivity contribution in [2.45, 2.75) is 18.4 Å².